The Morgan fingerprint density at radius 1 is 0.950 bits per heavy atom. The number of aliphatic hydroxyl groups is 1. The number of aryl methyl sites for hydroxylation is 1. The molecule has 1 N–H and O–H groups in total. The standard InChI is InChI=1S/C18H19NO/c1-2-14-7-9-15(10-8-14)11-19-12-16(13-20)17-5-3-4-6-18(17)19/h3-10,12,20H,2,11,13H2,1H3. The van der Waals surface area contributed by atoms with Gasteiger partial charge in [-0.15, -0.1) is 0 Å². The van der Waals surface area contributed by atoms with Crippen LogP contribution in [-0.2, 0) is 19.6 Å². The van der Waals surface area contributed by atoms with E-state index >= 15 is 0 Å². The topological polar surface area (TPSA) is 25.2 Å². The lowest BCUT2D eigenvalue weighted by Crippen LogP contribution is -1.98. The fraction of sp³-hybridized carbons (Fsp3) is 0.222. The minimum Gasteiger partial charge on any atom is -0.392 e. The molecule has 0 aliphatic heterocycles. The third-order valence-corrected chi connectivity index (χ3v) is 3.83. The Morgan fingerprint density at radius 3 is 2.35 bits per heavy atom. The smallest absolute Gasteiger partial charge is 0.0702 e. The normalized spacial score (nSPS) is 11.1. The second-order valence-electron chi connectivity index (χ2n) is 5.13. The van der Waals surface area contributed by atoms with Gasteiger partial charge in [0.1, 0.15) is 0 Å². The molecule has 0 aliphatic carbocycles. The third kappa shape index (κ3) is 2.35. The molecule has 1 aromatic heterocycles. The maximum absolute atomic E-state index is 9.47. The van der Waals surface area contributed by atoms with Crippen LogP contribution in [0.1, 0.15) is 23.6 Å². The van der Waals surface area contributed by atoms with E-state index in [4.69, 9.17) is 0 Å². The van der Waals surface area contributed by atoms with Crippen molar-refractivity contribution in [3.8, 4) is 0 Å². The van der Waals surface area contributed by atoms with E-state index in [0.717, 1.165) is 23.9 Å². The van der Waals surface area contributed by atoms with Crippen LogP contribution < -0.4 is 0 Å². The van der Waals surface area contributed by atoms with Gasteiger partial charge < -0.3 is 9.67 Å². The van der Waals surface area contributed by atoms with Crippen LogP contribution in [0.15, 0.2) is 54.7 Å². The van der Waals surface area contributed by atoms with Crippen LogP contribution in [0.3, 0.4) is 0 Å². The zero-order chi connectivity index (χ0) is 13.9. The lowest BCUT2D eigenvalue weighted by atomic mass is 10.1. The number of benzene rings is 2. The summed E-state index contributed by atoms with van der Waals surface area (Å²) in [6.07, 6.45) is 3.12. The summed E-state index contributed by atoms with van der Waals surface area (Å²) in [6, 6.07) is 17.0. The molecule has 20 heavy (non-hydrogen) atoms. The van der Waals surface area contributed by atoms with E-state index in [1.807, 2.05) is 12.1 Å². The quantitative estimate of drug-likeness (QED) is 0.763. The summed E-state index contributed by atoms with van der Waals surface area (Å²) in [4.78, 5) is 0. The van der Waals surface area contributed by atoms with E-state index in [1.165, 1.54) is 16.6 Å². The van der Waals surface area contributed by atoms with Crippen molar-refractivity contribution in [2.24, 2.45) is 0 Å². The molecule has 2 aromatic carbocycles. The first-order chi connectivity index (χ1) is 9.81. The highest BCUT2D eigenvalue weighted by atomic mass is 16.3. The lowest BCUT2D eigenvalue weighted by Gasteiger charge is -2.06. The Morgan fingerprint density at radius 2 is 1.65 bits per heavy atom. The maximum Gasteiger partial charge on any atom is 0.0702 e. The first kappa shape index (κ1) is 12.9. The molecule has 0 amide bonds. The Kier molecular flexibility index (Phi) is 3.57. The minimum atomic E-state index is 0.0856. The highest BCUT2D eigenvalue weighted by Crippen LogP contribution is 2.22. The largest absolute Gasteiger partial charge is 0.392 e. The predicted molar refractivity (Wildman–Crippen MR) is 82.8 cm³/mol. The molecule has 0 bridgehead atoms. The van der Waals surface area contributed by atoms with Crippen molar-refractivity contribution in [3.63, 3.8) is 0 Å². The van der Waals surface area contributed by atoms with Gasteiger partial charge in [0, 0.05) is 29.2 Å². The summed E-state index contributed by atoms with van der Waals surface area (Å²) in [6.45, 7) is 3.09. The molecule has 0 fully saturated rings. The fourth-order valence-corrected chi connectivity index (χ4v) is 2.66. The van der Waals surface area contributed by atoms with Crippen molar-refractivity contribution < 1.29 is 5.11 Å². The van der Waals surface area contributed by atoms with Gasteiger partial charge in [0.25, 0.3) is 0 Å². The Hall–Kier alpha value is -2.06. The highest BCUT2D eigenvalue weighted by Gasteiger charge is 2.07. The van der Waals surface area contributed by atoms with Crippen LogP contribution in [0.25, 0.3) is 10.9 Å². The Labute approximate surface area is 119 Å². The number of hydrogen-bond donors (Lipinski definition) is 1. The van der Waals surface area contributed by atoms with E-state index in [1.54, 1.807) is 0 Å². The Bertz CT molecular complexity index is 710. The molecule has 102 valence electrons. The summed E-state index contributed by atoms with van der Waals surface area (Å²) >= 11 is 0. The van der Waals surface area contributed by atoms with Crippen LogP contribution >= 0.6 is 0 Å². The van der Waals surface area contributed by atoms with Gasteiger partial charge in [-0.2, -0.15) is 0 Å². The van der Waals surface area contributed by atoms with Crippen molar-refractivity contribution in [1.82, 2.24) is 4.57 Å². The second-order valence-corrected chi connectivity index (χ2v) is 5.13. The molecule has 3 rings (SSSR count). The number of para-hydroxylation sites is 1. The predicted octanol–water partition coefficient (Wildman–Crippen LogP) is 3.74. The van der Waals surface area contributed by atoms with Crippen molar-refractivity contribution in [1.29, 1.82) is 0 Å². The number of fused-ring (bicyclic) bond motifs is 1. The van der Waals surface area contributed by atoms with Crippen LogP contribution in [0.4, 0.5) is 0 Å². The van der Waals surface area contributed by atoms with Gasteiger partial charge in [-0.25, -0.2) is 0 Å². The summed E-state index contributed by atoms with van der Waals surface area (Å²) in [5.41, 5.74) is 4.82. The molecular weight excluding hydrogens is 246 g/mol. The van der Waals surface area contributed by atoms with Gasteiger partial charge in [0.05, 0.1) is 6.61 Å². The average molecular weight is 265 g/mol. The monoisotopic (exact) mass is 265 g/mol. The minimum absolute atomic E-state index is 0.0856. The van der Waals surface area contributed by atoms with Crippen LogP contribution in [0.2, 0.25) is 0 Å². The van der Waals surface area contributed by atoms with Crippen molar-refractivity contribution in [3.05, 3.63) is 71.4 Å². The molecule has 0 atom stereocenters. The molecule has 2 heteroatoms. The first-order valence-electron chi connectivity index (χ1n) is 7.07. The highest BCUT2D eigenvalue weighted by molar-refractivity contribution is 5.83. The molecule has 1 heterocycles. The average Bonchev–Trinajstić information content (AvgIpc) is 2.86. The number of aromatic nitrogens is 1. The molecule has 0 saturated heterocycles. The van der Waals surface area contributed by atoms with Crippen molar-refractivity contribution in [2.45, 2.75) is 26.5 Å². The molecule has 0 aliphatic rings. The molecule has 2 nitrogen and oxygen atoms in total. The van der Waals surface area contributed by atoms with E-state index < -0.39 is 0 Å². The summed E-state index contributed by atoms with van der Waals surface area (Å²) < 4.78 is 2.21. The Balaban J connectivity index is 1.97. The van der Waals surface area contributed by atoms with E-state index in [0.29, 0.717) is 0 Å². The van der Waals surface area contributed by atoms with Gasteiger partial charge in [0.2, 0.25) is 0 Å². The number of hydrogen-bond acceptors (Lipinski definition) is 1. The zero-order valence-electron chi connectivity index (χ0n) is 11.7. The summed E-state index contributed by atoms with van der Waals surface area (Å²) in [7, 11) is 0. The summed E-state index contributed by atoms with van der Waals surface area (Å²) in [5, 5.41) is 10.6. The molecule has 0 saturated carbocycles. The van der Waals surface area contributed by atoms with Gasteiger partial charge >= 0.3 is 0 Å². The molecular formula is C18H19NO. The number of nitrogens with zero attached hydrogens (tertiary/aromatic N) is 1. The van der Waals surface area contributed by atoms with Crippen molar-refractivity contribution in [2.75, 3.05) is 0 Å². The van der Waals surface area contributed by atoms with E-state index in [2.05, 4.69) is 54.1 Å². The zero-order valence-corrected chi connectivity index (χ0v) is 11.7. The van der Waals surface area contributed by atoms with Gasteiger partial charge in [-0.1, -0.05) is 49.4 Å². The van der Waals surface area contributed by atoms with Crippen LogP contribution in [0, 0.1) is 0 Å². The lowest BCUT2D eigenvalue weighted by molar-refractivity contribution is 0.283. The van der Waals surface area contributed by atoms with Crippen LogP contribution in [-0.4, -0.2) is 9.67 Å². The molecule has 0 unspecified atom stereocenters. The maximum atomic E-state index is 9.47. The molecule has 0 spiro atoms. The van der Waals surface area contributed by atoms with Gasteiger partial charge in [-0.05, 0) is 23.6 Å². The molecule has 0 radical (unpaired) electrons. The van der Waals surface area contributed by atoms with Gasteiger partial charge in [0.15, 0.2) is 0 Å². The SMILES string of the molecule is CCc1ccc(Cn2cc(CO)c3ccccc32)cc1. The molecule has 3 aromatic rings. The van der Waals surface area contributed by atoms with Gasteiger partial charge in [-0.3, -0.25) is 0 Å². The van der Waals surface area contributed by atoms with Crippen molar-refractivity contribution >= 4 is 10.9 Å². The third-order valence-electron chi connectivity index (χ3n) is 3.83. The second kappa shape index (κ2) is 5.51. The van der Waals surface area contributed by atoms with E-state index in [9.17, 15) is 5.11 Å². The number of rotatable bonds is 4. The van der Waals surface area contributed by atoms with Crippen LogP contribution in [0.5, 0.6) is 0 Å². The fourth-order valence-electron chi connectivity index (χ4n) is 2.66. The first-order valence-corrected chi connectivity index (χ1v) is 7.07. The van der Waals surface area contributed by atoms with E-state index in [-0.39, 0.29) is 6.61 Å². The number of aliphatic hydroxyl groups excluding tert-OH is 1. The summed E-state index contributed by atoms with van der Waals surface area (Å²) in [5.74, 6) is 0.